The highest BCUT2D eigenvalue weighted by molar-refractivity contribution is 9.10. The highest BCUT2D eigenvalue weighted by atomic mass is 79.9. The van der Waals surface area contributed by atoms with Gasteiger partial charge in [-0.15, -0.1) is 0 Å². The average Bonchev–Trinajstić information content (AvgIpc) is 2.20. The molecule has 82 valence electrons. The van der Waals surface area contributed by atoms with E-state index in [9.17, 15) is 0 Å². The van der Waals surface area contributed by atoms with Crippen LogP contribution in [-0.4, -0.2) is 15.0 Å². The molecule has 16 heavy (non-hydrogen) atoms. The number of nitrogens with two attached hydrogens (primary N) is 1. The van der Waals surface area contributed by atoms with Crippen molar-refractivity contribution >= 4 is 33.6 Å². The molecule has 0 spiro atoms. The molecule has 2 heterocycles. The summed E-state index contributed by atoms with van der Waals surface area (Å²) in [5.74, 6) is 0.291. The number of rotatable bonds is 2. The van der Waals surface area contributed by atoms with Gasteiger partial charge in [0.2, 0.25) is 5.95 Å². The Kier molecular flexibility index (Phi) is 3.40. The minimum Gasteiger partial charge on any atom is -0.368 e. The molecule has 0 aromatic carbocycles. The summed E-state index contributed by atoms with van der Waals surface area (Å²) in [6.07, 6.45) is 1.75. The molecule has 2 aromatic rings. The molecule has 0 aliphatic carbocycles. The Morgan fingerprint density at radius 3 is 2.69 bits per heavy atom. The Bertz CT molecular complexity index is 480. The van der Waals surface area contributed by atoms with Crippen LogP contribution in [0.15, 0.2) is 38.9 Å². The van der Waals surface area contributed by atoms with Gasteiger partial charge < -0.3 is 5.73 Å². The lowest BCUT2D eigenvalue weighted by Crippen LogP contribution is -1.97. The number of aryl methyl sites for hydroxylation is 1. The van der Waals surface area contributed by atoms with Crippen LogP contribution < -0.4 is 5.73 Å². The highest BCUT2D eigenvalue weighted by Crippen LogP contribution is 2.25. The minimum absolute atomic E-state index is 0.291. The summed E-state index contributed by atoms with van der Waals surface area (Å²) in [6.45, 7) is 1.89. The van der Waals surface area contributed by atoms with Crippen molar-refractivity contribution in [3.05, 3.63) is 34.6 Å². The maximum absolute atomic E-state index is 5.57. The highest BCUT2D eigenvalue weighted by Gasteiger charge is 2.03. The minimum atomic E-state index is 0.291. The van der Waals surface area contributed by atoms with Crippen LogP contribution in [0.1, 0.15) is 5.69 Å². The summed E-state index contributed by atoms with van der Waals surface area (Å²) < 4.78 is 0.954. The largest absolute Gasteiger partial charge is 0.368 e. The quantitative estimate of drug-likeness (QED) is 0.863. The molecule has 0 fully saturated rings. The van der Waals surface area contributed by atoms with Crippen molar-refractivity contribution in [1.29, 1.82) is 0 Å². The van der Waals surface area contributed by atoms with Gasteiger partial charge in [-0.3, -0.25) is 0 Å². The second kappa shape index (κ2) is 4.80. The molecule has 0 saturated carbocycles. The Balaban J connectivity index is 2.23. The van der Waals surface area contributed by atoms with Crippen molar-refractivity contribution < 1.29 is 0 Å². The first-order valence-corrected chi connectivity index (χ1v) is 6.15. The molecule has 0 unspecified atom stereocenters. The smallest absolute Gasteiger partial charge is 0.221 e. The summed E-state index contributed by atoms with van der Waals surface area (Å²) >= 11 is 4.80. The van der Waals surface area contributed by atoms with Crippen molar-refractivity contribution in [1.82, 2.24) is 15.0 Å². The molecule has 0 bridgehead atoms. The fraction of sp³-hybridized carbons (Fsp3) is 0.100. The first kappa shape index (κ1) is 11.3. The van der Waals surface area contributed by atoms with E-state index in [0.717, 1.165) is 20.2 Å². The number of nitrogens with zero attached hydrogens (tertiary/aromatic N) is 3. The number of anilines is 1. The van der Waals surface area contributed by atoms with E-state index in [4.69, 9.17) is 5.73 Å². The number of hydrogen-bond acceptors (Lipinski definition) is 5. The van der Waals surface area contributed by atoms with E-state index in [0.29, 0.717) is 5.95 Å². The van der Waals surface area contributed by atoms with Gasteiger partial charge in [0.15, 0.2) is 0 Å². The van der Waals surface area contributed by atoms with Crippen LogP contribution >= 0.6 is 27.7 Å². The molecular formula is C10H9BrN4S. The van der Waals surface area contributed by atoms with Crippen molar-refractivity contribution in [3.63, 3.8) is 0 Å². The molecular weight excluding hydrogens is 288 g/mol. The predicted octanol–water partition coefficient (Wildman–Crippen LogP) is 2.68. The van der Waals surface area contributed by atoms with Gasteiger partial charge in [-0.2, -0.15) is 0 Å². The maximum atomic E-state index is 5.57. The lowest BCUT2D eigenvalue weighted by atomic mass is 10.5. The number of pyridine rings is 1. The lowest BCUT2D eigenvalue weighted by Gasteiger charge is -2.02. The van der Waals surface area contributed by atoms with Gasteiger partial charge in [0, 0.05) is 16.4 Å². The maximum Gasteiger partial charge on any atom is 0.221 e. The third-order valence-corrected chi connectivity index (χ3v) is 3.10. The van der Waals surface area contributed by atoms with Gasteiger partial charge in [0.05, 0.1) is 0 Å². The molecule has 6 heteroatoms. The average molecular weight is 297 g/mol. The van der Waals surface area contributed by atoms with Crippen LogP contribution in [-0.2, 0) is 0 Å². The van der Waals surface area contributed by atoms with Crippen LogP contribution in [0.25, 0.3) is 0 Å². The SMILES string of the molecule is Cc1cc(Sc2ccc(Br)cn2)nc(N)n1. The summed E-state index contributed by atoms with van der Waals surface area (Å²) in [7, 11) is 0. The molecule has 4 nitrogen and oxygen atoms in total. The number of aromatic nitrogens is 3. The van der Waals surface area contributed by atoms with Gasteiger partial charge >= 0.3 is 0 Å². The van der Waals surface area contributed by atoms with Gasteiger partial charge in [-0.05, 0) is 52.8 Å². The van der Waals surface area contributed by atoms with Crippen LogP contribution in [0.5, 0.6) is 0 Å². The Hall–Kier alpha value is -1.14. The second-order valence-corrected chi connectivity index (χ2v) is 5.08. The Morgan fingerprint density at radius 2 is 2.06 bits per heavy atom. The summed E-state index contributed by atoms with van der Waals surface area (Å²) in [6, 6.07) is 5.74. The first-order valence-electron chi connectivity index (χ1n) is 4.54. The van der Waals surface area contributed by atoms with E-state index in [1.165, 1.54) is 11.8 Å². The second-order valence-electron chi connectivity index (χ2n) is 3.12. The zero-order valence-corrected chi connectivity index (χ0v) is 10.9. The molecule has 0 atom stereocenters. The van der Waals surface area contributed by atoms with E-state index in [-0.39, 0.29) is 0 Å². The van der Waals surface area contributed by atoms with Crippen molar-refractivity contribution in [2.45, 2.75) is 17.0 Å². The first-order chi connectivity index (χ1) is 7.63. The fourth-order valence-corrected chi connectivity index (χ4v) is 2.20. The van der Waals surface area contributed by atoms with Gasteiger partial charge in [-0.25, -0.2) is 15.0 Å². The van der Waals surface area contributed by atoms with Crippen molar-refractivity contribution in [2.24, 2.45) is 0 Å². The van der Waals surface area contributed by atoms with Gasteiger partial charge in [0.1, 0.15) is 10.1 Å². The molecule has 2 aromatic heterocycles. The zero-order valence-electron chi connectivity index (χ0n) is 8.51. The molecule has 0 amide bonds. The van der Waals surface area contributed by atoms with E-state index < -0.39 is 0 Å². The molecule has 2 rings (SSSR count). The lowest BCUT2D eigenvalue weighted by molar-refractivity contribution is 1.02. The zero-order chi connectivity index (χ0) is 11.5. The van der Waals surface area contributed by atoms with Crippen molar-refractivity contribution in [2.75, 3.05) is 5.73 Å². The third kappa shape index (κ3) is 2.93. The van der Waals surface area contributed by atoms with Crippen LogP contribution in [0.2, 0.25) is 0 Å². The van der Waals surface area contributed by atoms with Gasteiger partial charge in [0.25, 0.3) is 0 Å². The monoisotopic (exact) mass is 296 g/mol. The molecule has 0 radical (unpaired) electrons. The van der Waals surface area contributed by atoms with Gasteiger partial charge in [-0.1, -0.05) is 0 Å². The molecule has 0 saturated heterocycles. The molecule has 0 aliphatic rings. The fourth-order valence-electron chi connectivity index (χ4n) is 1.14. The summed E-state index contributed by atoms with van der Waals surface area (Å²) in [5, 5.41) is 1.68. The number of halogens is 1. The van der Waals surface area contributed by atoms with Crippen molar-refractivity contribution in [3.8, 4) is 0 Å². The normalized spacial score (nSPS) is 10.4. The van der Waals surface area contributed by atoms with Crippen LogP contribution in [0.4, 0.5) is 5.95 Å². The standard InChI is InChI=1S/C10H9BrN4S/c1-6-4-9(15-10(12)14-6)16-8-3-2-7(11)5-13-8/h2-5H,1H3,(H2,12,14,15). The third-order valence-electron chi connectivity index (χ3n) is 1.76. The Morgan fingerprint density at radius 1 is 1.25 bits per heavy atom. The molecule has 0 aliphatic heterocycles. The number of hydrogen-bond donors (Lipinski definition) is 1. The van der Waals surface area contributed by atoms with E-state index in [2.05, 4.69) is 30.9 Å². The predicted molar refractivity (Wildman–Crippen MR) is 67.2 cm³/mol. The van der Waals surface area contributed by atoms with E-state index in [1.54, 1.807) is 6.20 Å². The van der Waals surface area contributed by atoms with E-state index >= 15 is 0 Å². The van der Waals surface area contributed by atoms with E-state index in [1.807, 2.05) is 25.1 Å². The summed E-state index contributed by atoms with van der Waals surface area (Å²) in [4.78, 5) is 12.4. The Labute approximate surface area is 106 Å². The molecule has 2 N–H and O–H groups in total. The summed E-state index contributed by atoms with van der Waals surface area (Å²) in [5.41, 5.74) is 6.43. The van der Waals surface area contributed by atoms with Crippen LogP contribution in [0, 0.1) is 6.92 Å². The van der Waals surface area contributed by atoms with Crippen LogP contribution in [0.3, 0.4) is 0 Å². The topological polar surface area (TPSA) is 64.7 Å². The number of nitrogen functional groups attached to an aromatic ring is 1.